The largest absolute Gasteiger partial charge is 0.384 e. The Morgan fingerprint density at radius 1 is 1.17 bits per heavy atom. The maximum absolute atomic E-state index is 12.6. The van der Waals surface area contributed by atoms with E-state index in [1.165, 1.54) is 0 Å². The summed E-state index contributed by atoms with van der Waals surface area (Å²) in [6.07, 6.45) is 3.05. The molecule has 1 heterocycles. The first-order valence-corrected chi connectivity index (χ1v) is 7.93. The Balaban J connectivity index is 2.34. The highest BCUT2D eigenvalue weighted by Crippen LogP contribution is 2.26. The normalized spacial score (nSPS) is 17.6. The van der Waals surface area contributed by atoms with Crippen LogP contribution in [0.1, 0.15) is 26.2 Å². The molecule has 1 aliphatic rings. The first-order valence-electron chi connectivity index (χ1n) is 6.49. The lowest BCUT2D eigenvalue weighted by molar-refractivity contribution is 0.347. The summed E-state index contributed by atoms with van der Waals surface area (Å²) in [5.74, 6) is 0. The van der Waals surface area contributed by atoms with Gasteiger partial charge in [0, 0.05) is 19.6 Å². The lowest BCUT2D eigenvalue weighted by Gasteiger charge is -2.26. The highest BCUT2D eigenvalue weighted by Gasteiger charge is 2.27. The molecule has 1 aromatic rings. The monoisotopic (exact) mass is 268 g/mol. The van der Waals surface area contributed by atoms with E-state index in [1.807, 2.05) is 19.1 Å². The van der Waals surface area contributed by atoms with Crippen LogP contribution in [0, 0.1) is 0 Å². The molecule has 0 aliphatic carbocycles. The van der Waals surface area contributed by atoms with Gasteiger partial charge in [-0.1, -0.05) is 18.6 Å². The van der Waals surface area contributed by atoms with Crippen LogP contribution in [0.3, 0.4) is 0 Å². The maximum Gasteiger partial charge on any atom is 0.245 e. The predicted octanol–water partition coefficient (Wildman–Crippen LogP) is 2.29. The van der Waals surface area contributed by atoms with Crippen molar-refractivity contribution in [3.63, 3.8) is 0 Å². The molecule has 1 N–H and O–H groups in total. The standard InChI is InChI=1S/C13H20N2O2S/c1-2-14-12-8-4-5-9-13(12)18(16,17)15-10-6-3-7-11-15/h4-5,8-9,14H,2-3,6-7,10-11H2,1H3. The molecule has 4 nitrogen and oxygen atoms in total. The quantitative estimate of drug-likeness (QED) is 0.911. The Morgan fingerprint density at radius 3 is 2.50 bits per heavy atom. The predicted molar refractivity (Wildman–Crippen MR) is 73.2 cm³/mol. The van der Waals surface area contributed by atoms with Crippen molar-refractivity contribution in [2.75, 3.05) is 25.0 Å². The Labute approximate surface area is 109 Å². The summed E-state index contributed by atoms with van der Waals surface area (Å²) in [4.78, 5) is 0.397. The first-order chi connectivity index (χ1) is 8.66. The second-order valence-corrected chi connectivity index (χ2v) is 6.40. The lowest BCUT2D eigenvalue weighted by atomic mass is 10.2. The molecule has 1 aromatic carbocycles. The first kappa shape index (κ1) is 13.4. The van der Waals surface area contributed by atoms with E-state index in [2.05, 4.69) is 5.32 Å². The minimum Gasteiger partial charge on any atom is -0.384 e. The zero-order valence-corrected chi connectivity index (χ0v) is 11.5. The van der Waals surface area contributed by atoms with Crippen molar-refractivity contribution < 1.29 is 8.42 Å². The van der Waals surface area contributed by atoms with Gasteiger partial charge in [-0.05, 0) is 31.9 Å². The average molecular weight is 268 g/mol. The van der Waals surface area contributed by atoms with Crippen molar-refractivity contribution in [3.8, 4) is 0 Å². The van der Waals surface area contributed by atoms with Gasteiger partial charge < -0.3 is 5.32 Å². The number of benzene rings is 1. The molecular formula is C13H20N2O2S. The third-order valence-electron chi connectivity index (χ3n) is 3.19. The van der Waals surface area contributed by atoms with E-state index in [1.54, 1.807) is 16.4 Å². The fourth-order valence-electron chi connectivity index (χ4n) is 2.27. The van der Waals surface area contributed by atoms with Gasteiger partial charge in [-0.2, -0.15) is 4.31 Å². The zero-order valence-electron chi connectivity index (χ0n) is 10.7. The van der Waals surface area contributed by atoms with Crippen molar-refractivity contribution in [2.24, 2.45) is 0 Å². The molecule has 0 spiro atoms. The molecule has 0 unspecified atom stereocenters. The fourth-order valence-corrected chi connectivity index (χ4v) is 3.96. The maximum atomic E-state index is 12.6. The molecule has 1 fully saturated rings. The summed E-state index contributed by atoms with van der Waals surface area (Å²) in [5, 5.41) is 3.12. The molecule has 18 heavy (non-hydrogen) atoms. The molecule has 0 radical (unpaired) electrons. The smallest absolute Gasteiger partial charge is 0.245 e. The Hall–Kier alpha value is -1.07. The highest BCUT2D eigenvalue weighted by atomic mass is 32.2. The Morgan fingerprint density at radius 2 is 1.83 bits per heavy atom. The number of hydrogen-bond donors (Lipinski definition) is 1. The van der Waals surface area contributed by atoms with Gasteiger partial charge >= 0.3 is 0 Å². The number of rotatable bonds is 4. The summed E-state index contributed by atoms with van der Waals surface area (Å²) in [6.45, 7) is 3.96. The van der Waals surface area contributed by atoms with Crippen molar-refractivity contribution in [1.82, 2.24) is 4.31 Å². The molecule has 2 rings (SSSR count). The number of para-hydroxylation sites is 1. The molecular weight excluding hydrogens is 248 g/mol. The van der Waals surface area contributed by atoms with Gasteiger partial charge in [-0.15, -0.1) is 0 Å². The van der Waals surface area contributed by atoms with Crippen molar-refractivity contribution in [3.05, 3.63) is 24.3 Å². The van der Waals surface area contributed by atoms with Gasteiger partial charge in [-0.25, -0.2) is 8.42 Å². The SMILES string of the molecule is CCNc1ccccc1S(=O)(=O)N1CCCCC1. The number of nitrogens with zero attached hydrogens (tertiary/aromatic N) is 1. The van der Waals surface area contributed by atoms with Gasteiger partial charge in [0.2, 0.25) is 10.0 Å². The fraction of sp³-hybridized carbons (Fsp3) is 0.538. The van der Waals surface area contributed by atoms with E-state index < -0.39 is 10.0 Å². The van der Waals surface area contributed by atoms with Crippen LogP contribution in [-0.4, -0.2) is 32.4 Å². The van der Waals surface area contributed by atoms with E-state index in [9.17, 15) is 8.42 Å². The van der Waals surface area contributed by atoms with Crippen molar-refractivity contribution in [2.45, 2.75) is 31.1 Å². The second kappa shape index (κ2) is 5.71. The van der Waals surface area contributed by atoms with Crippen LogP contribution >= 0.6 is 0 Å². The van der Waals surface area contributed by atoms with Crippen molar-refractivity contribution in [1.29, 1.82) is 0 Å². The number of piperidine rings is 1. The molecule has 0 saturated carbocycles. The third kappa shape index (κ3) is 2.67. The van der Waals surface area contributed by atoms with Crippen LogP contribution in [0.15, 0.2) is 29.2 Å². The summed E-state index contributed by atoms with van der Waals surface area (Å²) in [6, 6.07) is 7.13. The van der Waals surface area contributed by atoms with Gasteiger partial charge in [0.1, 0.15) is 4.90 Å². The van der Waals surface area contributed by atoms with E-state index in [0.29, 0.717) is 30.2 Å². The summed E-state index contributed by atoms with van der Waals surface area (Å²) >= 11 is 0. The zero-order chi connectivity index (χ0) is 13.0. The molecule has 1 saturated heterocycles. The van der Waals surface area contributed by atoms with Crippen LogP contribution in [0.2, 0.25) is 0 Å². The summed E-state index contributed by atoms with van der Waals surface area (Å²) in [7, 11) is -3.34. The molecule has 0 aromatic heterocycles. The number of nitrogens with one attached hydrogen (secondary N) is 1. The minimum atomic E-state index is -3.34. The summed E-state index contributed by atoms with van der Waals surface area (Å²) in [5.41, 5.74) is 0.700. The van der Waals surface area contributed by atoms with Crippen LogP contribution < -0.4 is 5.32 Å². The van der Waals surface area contributed by atoms with Crippen molar-refractivity contribution >= 4 is 15.7 Å². The lowest BCUT2D eigenvalue weighted by Crippen LogP contribution is -2.35. The van der Waals surface area contributed by atoms with Crippen LogP contribution in [0.25, 0.3) is 0 Å². The molecule has 5 heteroatoms. The second-order valence-electron chi connectivity index (χ2n) is 4.49. The van der Waals surface area contributed by atoms with E-state index in [0.717, 1.165) is 19.3 Å². The molecule has 100 valence electrons. The van der Waals surface area contributed by atoms with E-state index in [-0.39, 0.29) is 0 Å². The van der Waals surface area contributed by atoms with Crippen LogP contribution in [0.4, 0.5) is 5.69 Å². The Kier molecular flexibility index (Phi) is 4.24. The van der Waals surface area contributed by atoms with E-state index in [4.69, 9.17) is 0 Å². The average Bonchev–Trinajstić information content (AvgIpc) is 2.41. The molecule has 0 bridgehead atoms. The van der Waals surface area contributed by atoms with Gasteiger partial charge in [0.25, 0.3) is 0 Å². The molecule has 0 amide bonds. The van der Waals surface area contributed by atoms with Gasteiger partial charge in [0.05, 0.1) is 5.69 Å². The van der Waals surface area contributed by atoms with Crippen LogP contribution in [-0.2, 0) is 10.0 Å². The Bertz CT molecular complexity index is 493. The summed E-state index contributed by atoms with van der Waals surface area (Å²) < 4.78 is 26.7. The highest BCUT2D eigenvalue weighted by molar-refractivity contribution is 7.89. The van der Waals surface area contributed by atoms with Crippen LogP contribution in [0.5, 0.6) is 0 Å². The molecule has 1 aliphatic heterocycles. The number of hydrogen-bond acceptors (Lipinski definition) is 3. The third-order valence-corrected chi connectivity index (χ3v) is 5.14. The molecule has 0 atom stereocenters. The number of sulfonamides is 1. The minimum absolute atomic E-state index is 0.397. The van der Waals surface area contributed by atoms with Gasteiger partial charge in [-0.3, -0.25) is 0 Å². The van der Waals surface area contributed by atoms with E-state index >= 15 is 0 Å². The number of anilines is 1. The topological polar surface area (TPSA) is 49.4 Å². The van der Waals surface area contributed by atoms with Gasteiger partial charge in [0.15, 0.2) is 0 Å².